The molecule has 3 heterocycles. The van der Waals surface area contributed by atoms with E-state index in [2.05, 4.69) is 54.6 Å². The van der Waals surface area contributed by atoms with Crippen LogP contribution in [0.3, 0.4) is 0 Å². The van der Waals surface area contributed by atoms with Gasteiger partial charge in [0.2, 0.25) is 5.95 Å². The summed E-state index contributed by atoms with van der Waals surface area (Å²) in [6, 6.07) is 12.3. The lowest BCUT2D eigenvalue weighted by Gasteiger charge is -2.29. The lowest BCUT2D eigenvalue weighted by molar-refractivity contribution is 0.122. The fourth-order valence-corrected chi connectivity index (χ4v) is 4.46. The molecule has 8 heteroatoms. The smallest absolute Gasteiger partial charge is 0.227 e. The molecule has 0 radical (unpaired) electrons. The maximum Gasteiger partial charge on any atom is 0.227 e. The van der Waals surface area contributed by atoms with Gasteiger partial charge < -0.3 is 25.0 Å². The van der Waals surface area contributed by atoms with Crippen LogP contribution in [-0.2, 0) is 4.74 Å². The number of benzene rings is 2. The number of halogens is 1. The molecule has 2 saturated heterocycles. The van der Waals surface area contributed by atoms with E-state index in [-0.39, 0.29) is 6.10 Å². The van der Waals surface area contributed by atoms with Crippen LogP contribution >= 0.6 is 15.9 Å². The zero-order valence-electron chi connectivity index (χ0n) is 17.3. The van der Waals surface area contributed by atoms with Gasteiger partial charge in [-0.15, -0.1) is 0 Å². The molecule has 0 bridgehead atoms. The summed E-state index contributed by atoms with van der Waals surface area (Å²) in [5, 5.41) is 7.69. The summed E-state index contributed by atoms with van der Waals surface area (Å²) in [5.41, 5.74) is 2.95. The molecule has 2 aliphatic heterocycles. The van der Waals surface area contributed by atoms with E-state index in [0.717, 1.165) is 79.0 Å². The Labute approximate surface area is 190 Å². The summed E-state index contributed by atoms with van der Waals surface area (Å²) in [6.07, 6.45) is 4.06. The first kappa shape index (κ1) is 20.5. The van der Waals surface area contributed by atoms with Crippen molar-refractivity contribution in [1.29, 1.82) is 0 Å². The molecule has 7 nitrogen and oxygen atoms in total. The van der Waals surface area contributed by atoms with E-state index in [0.29, 0.717) is 5.95 Å². The quantitative estimate of drug-likeness (QED) is 0.565. The molecule has 31 heavy (non-hydrogen) atoms. The molecule has 0 saturated carbocycles. The molecule has 2 fully saturated rings. The normalized spacial score (nSPS) is 17.6. The van der Waals surface area contributed by atoms with Gasteiger partial charge in [-0.1, -0.05) is 22.0 Å². The maximum absolute atomic E-state index is 6.33. The largest absolute Gasteiger partial charge is 0.488 e. The van der Waals surface area contributed by atoms with Gasteiger partial charge in [0, 0.05) is 40.5 Å². The van der Waals surface area contributed by atoms with Gasteiger partial charge in [-0.2, -0.15) is 0 Å². The third-order valence-corrected chi connectivity index (χ3v) is 6.41. The molecule has 0 spiro atoms. The summed E-state index contributed by atoms with van der Waals surface area (Å²) >= 11 is 3.62. The molecule has 162 valence electrons. The van der Waals surface area contributed by atoms with Crippen molar-refractivity contribution in [1.82, 2.24) is 15.3 Å². The zero-order valence-corrected chi connectivity index (χ0v) is 18.9. The SMILES string of the molecule is Brc1ccc(OC2CCNCC2)c2nc(Nc3cccc(N4CCOCC4)c3)ncc12. The number of piperidine rings is 1. The fourth-order valence-electron chi connectivity index (χ4n) is 4.04. The Morgan fingerprint density at radius 1 is 1.13 bits per heavy atom. The van der Waals surface area contributed by atoms with E-state index in [4.69, 9.17) is 14.5 Å². The standard InChI is InChI=1S/C23H26BrN5O2/c24-20-4-5-21(31-18-6-8-25-9-7-18)22-19(20)15-26-23(28-22)27-16-2-1-3-17(14-16)29-10-12-30-13-11-29/h1-5,14-15,18,25H,6-13H2,(H,26,27,28). The summed E-state index contributed by atoms with van der Waals surface area (Å²) in [7, 11) is 0. The highest BCUT2D eigenvalue weighted by molar-refractivity contribution is 9.10. The van der Waals surface area contributed by atoms with Crippen molar-refractivity contribution in [2.24, 2.45) is 0 Å². The van der Waals surface area contributed by atoms with E-state index < -0.39 is 0 Å². The van der Waals surface area contributed by atoms with Crippen LogP contribution in [0.4, 0.5) is 17.3 Å². The van der Waals surface area contributed by atoms with E-state index >= 15 is 0 Å². The summed E-state index contributed by atoms with van der Waals surface area (Å²) in [4.78, 5) is 11.7. The molecule has 0 aliphatic carbocycles. The van der Waals surface area contributed by atoms with Crippen LogP contribution in [0.1, 0.15) is 12.8 Å². The lowest BCUT2D eigenvalue weighted by atomic mass is 10.1. The van der Waals surface area contributed by atoms with Crippen LogP contribution in [0, 0.1) is 0 Å². The van der Waals surface area contributed by atoms with Crippen LogP contribution in [0.15, 0.2) is 47.1 Å². The number of aromatic nitrogens is 2. The molecule has 1 aromatic heterocycles. The van der Waals surface area contributed by atoms with Gasteiger partial charge in [-0.3, -0.25) is 0 Å². The fraction of sp³-hybridized carbons (Fsp3) is 0.391. The van der Waals surface area contributed by atoms with Crippen LogP contribution in [-0.4, -0.2) is 55.5 Å². The van der Waals surface area contributed by atoms with Crippen LogP contribution in [0.25, 0.3) is 10.9 Å². The monoisotopic (exact) mass is 483 g/mol. The van der Waals surface area contributed by atoms with Crippen molar-refractivity contribution in [2.75, 3.05) is 49.6 Å². The minimum atomic E-state index is 0.210. The van der Waals surface area contributed by atoms with Crippen LogP contribution in [0.5, 0.6) is 5.75 Å². The molecule has 3 aromatic rings. The molecule has 2 N–H and O–H groups in total. The van der Waals surface area contributed by atoms with Gasteiger partial charge in [0.05, 0.1) is 13.2 Å². The van der Waals surface area contributed by atoms with E-state index in [1.807, 2.05) is 24.4 Å². The second-order valence-electron chi connectivity index (χ2n) is 7.84. The van der Waals surface area contributed by atoms with Gasteiger partial charge in [0.25, 0.3) is 0 Å². The second-order valence-corrected chi connectivity index (χ2v) is 8.70. The Balaban J connectivity index is 1.40. The number of hydrogen-bond donors (Lipinski definition) is 2. The van der Waals surface area contributed by atoms with Crippen molar-refractivity contribution >= 4 is 44.2 Å². The molecule has 0 amide bonds. The summed E-state index contributed by atoms with van der Waals surface area (Å²) in [6.45, 7) is 5.31. The Hall–Kier alpha value is -2.42. The topological polar surface area (TPSA) is 71.5 Å². The van der Waals surface area contributed by atoms with E-state index in [1.165, 1.54) is 5.69 Å². The number of nitrogens with zero attached hydrogens (tertiary/aromatic N) is 3. The number of ether oxygens (including phenoxy) is 2. The zero-order chi connectivity index (χ0) is 21.0. The van der Waals surface area contributed by atoms with E-state index in [1.54, 1.807) is 0 Å². The Bertz CT molecular complexity index is 1050. The van der Waals surface area contributed by atoms with Crippen LogP contribution in [0.2, 0.25) is 0 Å². The molecule has 0 atom stereocenters. The number of nitrogens with one attached hydrogen (secondary N) is 2. The Morgan fingerprint density at radius 2 is 1.97 bits per heavy atom. The Kier molecular flexibility index (Phi) is 6.20. The maximum atomic E-state index is 6.33. The average Bonchev–Trinajstić information content (AvgIpc) is 2.82. The summed E-state index contributed by atoms with van der Waals surface area (Å²) < 4.78 is 12.8. The van der Waals surface area contributed by atoms with Gasteiger partial charge in [0.15, 0.2) is 0 Å². The number of hydrogen-bond acceptors (Lipinski definition) is 7. The highest BCUT2D eigenvalue weighted by Gasteiger charge is 2.18. The third-order valence-electron chi connectivity index (χ3n) is 5.72. The first-order valence-electron chi connectivity index (χ1n) is 10.8. The van der Waals surface area contributed by atoms with Gasteiger partial charge in [-0.05, 0) is 56.3 Å². The van der Waals surface area contributed by atoms with Crippen molar-refractivity contribution in [3.63, 3.8) is 0 Å². The first-order valence-corrected chi connectivity index (χ1v) is 11.6. The molecule has 0 unspecified atom stereocenters. The van der Waals surface area contributed by atoms with E-state index in [9.17, 15) is 0 Å². The number of morpholine rings is 1. The van der Waals surface area contributed by atoms with Gasteiger partial charge >= 0.3 is 0 Å². The predicted octanol–water partition coefficient (Wildman–Crippen LogP) is 4.10. The number of rotatable bonds is 5. The first-order chi connectivity index (χ1) is 15.3. The third kappa shape index (κ3) is 4.76. The number of fused-ring (bicyclic) bond motifs is 1. The van der Waals surface area contributed by atoms with Crippen molar-refractivity contribution in [2.45, 2.75) is 18.9 Å². The lowest BCUT2D eigenvalue weighted by Crippen LogP contribution is -2.36. The van der Waals surface area contributed by atoms with Crippen molar-refractivity contribution < 1.29 is 9.47 Å². The second kappa shape index (κ2) is 9.38. The minimum Gasteiger partial charge on any atom is -0.488 e. The van der Waals surface area contributed by atoms with Gasteiger partial charge in [0.1, 0.15) is 17.4 Å². The highest BCUT2D eigenvalue weighted by atomic mass is 79.9. The molecular weight excluding hydrogens is 458 g/mol. The Morgan fingerprint density at radius 3 is 2.81 bits per heavy atom. The summed E-state index contributed by atoms with van der Waals surface area (Å²) in [5.74, 6) is 1.36. The highest BCUT2D eigenvalue weighted by Crippen LogP contribution is 2.32. The van der Waals surface area contributed by atoms with Crippen molar-refractivity contribution in [3.05, 3.63) is 47.1 Å². The van der Waals surface area contributed by atoms with Gasteiger partial charge in [-0.25, -0.2) is 9.97 Å². The molecule has 5 rings (SSSR count). The predicted molar refractivity (Wildman–Crippen MR) is 127 cm³/mol. The average molecular weight is 484 g/mol. The molecule has 2 aliphatic rings. The van der Waals surface area contributed by atoms with Crippen molar-refractivity contribution in [3.8, 4) is 5.75 Å². The molecular formula is C23H26BrN5O2. The minimum absolute atomic E-state index is 0.210. The molecule has 2 aromatic carbocycles. The van der Waals surface area contributed by atoms with Crippen LogP contribution < -0.4 is 20.3 Å². The number of anilines is 3.